The highest BCUT2D eigenvalue weighted by molar-refractivity contribution is 5.81. The van der Waals surface area contributed by atoms with Crippen LogP contribution in [-0.4, -0.2) is 18.6 Å². The molecule has 0 radical (unpaired) electrons. The first kappa shape index (κ1) is 13.9. The molecule has 1 aromatic rings. The van der Waals surface area contributed by atoms with E-state index in [0.29, 0.717) is 0 Å². The van der Waals surface area contributed by atoms with Crippen LogP contribution in [0.25, 0.3) is 0 Å². The second-order valence-corrected chi connectivity index (χ2v) is 5.22. The molecule has 3 N–H and O–H groups in total. The van der Waals surface area contributed by atoms with Crippen LogP contribution in [0.15, 0.2) is 18.2 Å². The summed E-state index contributed by atoms with van der Waals surface area (Å²) < 4.78 is 5.90. The van der Waals surface area contributed by atoms with Gasteiger partial charge in [0.1, 0.15) is 5.75 Å². The lowest BCUT2D eigenvalue weighted by Gasteiger charge is -2.20. The van der Waals surface area contributed by atoms with Crippen LogP contribution in [0.3, 0.4) is 0 Å². The van der Waals surface area contributed by atoms with Gasteiger partial charge in [-0.05, 0) is 39.2 Å². The Kier molecular flexibility index (Phi) is 4.43. The fourth-order valence-electron chi connectivity index (χ4n) is 2.31. The Labute approximate surface area is 114 Å². The number of hydrogen-bond acceptors (Lipinski definition) is 3. The fourth-order valence-corrected chi connectivity index (χ4v) is 2.31. The van der Waals surface area contributed by atoms with Gasteiger partial charge in [0.15, 0.2) is 6.10 Å². The van der Waals surface area contributed by atoms with Gasteiger partial charge in [0.2, 0.25) is 0 Å². The van der Waals surface area contributed by atoms with E-state index >= 15 is 0 Å². The molecule has 1 aliphatic heterocycles. The normalized spacial score (nSPS) is 21.4. The minimum Gasteiger partial charge on any atom is -0.480 e. The molecule has 4 nitrogen and oxygen atoms in total. The number of aryl methyl sites for hydroxylation is 1. The van der Waals surface area contributed by atoms with Crippen molar-refractivity contribution >= 4 is 5.91 Å². The van der Waals surface area contributed by atoms with Gasteiger partial charge < -0.3 is 15.8 Å². The maximum atomic E-state index is 11.9. The lowest BCUT2D eigenvalue weighted by Crippen LogP contribution is -2.36. The van der Waals surface area contributed by atoms with Crippen molar-refractivity contribution in [2.75, 3.05) is 6.54 Å². The number of nitrogens with two attached hydrogens (primary N) is 1. The molecule has 19 heavy (non-hydrogen) atoms. The Bertz CT molecular complexity index is 457. The minimum atomic E-state index is -0.400. The van der Waals surface area contributed by atoms with Gasteiger partial charge in [0, 0.05) is 18.2 Å². The summed E-state index contributed by atoms with van der Waals surface area (Å²) in [4.78, 5) is 11.9. The van der Waals surface area contributed by atoms with Gasteiger partial charge in [-0.15, -0.1) is 0 Å². The van der Waals surface area contributed by atoms with Crippen molar-refractivity contribution in [3.8, 4) is 5.75 Å². The predicted molar refractivity (Wildman–Crippen MR) is 75.1 cm³/mol. The molecular formula is C15H22N2O2. The smallest absolute Gasteiger partial charge is 0.261 e. The lowest BCUT2D eigenvalue weighted by atomic mass is 10.0. The summed E-state index contributed by atoms with van der Waals surface area (Å²) in [6.07, 6.45) is 2.38. The van der Waals surface area contributed by atoms with E-state index in [1.165, 1.54) is 0 Å². The summed E-state index contributed by atoms with van der Waals surface area (Å²) in [5.41, 5.74) is 8.07. The standard InChI is InChI=1S/C15H22N2O2/c1-10-6-7-13(12(9-10)11(2)16)19-14-5-3-4-8-17-15(14)18/h6-7,9,11,14H,3-5,8,16H2,1-2H3,(H,17,18)/t11-,14?/m0/s1. The summed E-state index contributed by atoms with van der Waals surface area (Å²) in [6.45, 7) is 4.69. The zero-order valence-corrected chi connectivity index (χ0v) is 11.6. The average molecular weight is 262 g/mol. The van der Waals surface area contributed by atoms with Gasteiger partial charge in [-0.2, -0.15) is 0 Å². The summed E-state index contributed by atoms with van der Waals surface area (Å²) in [6, 6.07) is 5.81. The van der Waals surface area contributed by atoms with Crippen LogP contribution in [0.1, 0.15) is 43.4 Å². The second kappa shape index (κ2) is 6.06. The van der Waals surface area contributed by atoms with Crippen molar-refractivity contribution in [2.45, 2.75) is 45.3 Å². The molecule has 0 spiro atoms. The van der Waals surface area contributed by atoms with E-state index in [0.717, 1.165) is 42.7 Å². The number of carbonyl (C=O) groups excluding carboxylic acids is 1. The molecule has 0 bridgehead atoms. The van der Waals surface area contributed by atoms with Crippen LogP contribution in [-0.2, 0) is 4.79 Å². The zero-order valence-electron chi connectivity index (χ0n) is 11.6. The fraction of sp³-hybridized carbons (Fsp3) is 0.533. The van der Waals surface area contributed by atoms with Gasteiger partial charge in [-0.1, -0.05) is 17.7 Å². The van der Waals surface area contributed by atoms with Gasteiger partial charge in [-0.3, -0.25) is 4.79 Å². The van der Waals surface area contributed by atoms with Crippen molar-refractivity contribution in [2.24, 2.45) is 5.73 Å². The van der Waals surface area contributed by atoms with E-state index < -0.39 is 6.10 Å². The van der Waals surface area contributed by atoms with E-state index in [4.69, 9.17) is 10.5 Å². The molecule has 104 valence electrons. The van der Waals surface area contributed by atoms with Crippen molar-refractivity contribution in [3.05, 3.63) is 29.3 Å². The molecule has 0 aliphatic carbocycles. The van der Waals surface area contributed by atoms with Gasteiger partial charge in [0.25, 0.3) is 5.91 Å². The Balaban J connectivity index is 2.19. The van der Waals surface area contributed by atoms with Crippen LogP contribution in [0, 0.1) is 6.92 Å². The number of nitrogens with one attached hydrogen (secondary N) is 1. The molecule has 4 heteroatoms. The molecule has 1 heterocycles. The third kappa shape index (κ3) is 3.47. The van der Waals surface area contributed by atoms with Crippen molar-refractivity contribution in [1.29, 1.82) is 0 Å². The minimum absolute atomic E-state index is 0.0197. The SMILES string of the molecule is Cc1ccc(OC2CCCCNC2=O)c([C@H](C)N)c1. The van der Waals surface area contributed by atoms with E-state index in [1.54, 1.807) is 0 Å². The molecule has 1 aromatic carbocycles. The van der Waals surface area contributed by atoms with E-state index in [9.17, 15) is 4.79 Å². The number of carbonyl (C=O) groups is 1. The first-order valence-corrected chi connectivity index (χ1v) is 6.88. The Morgan fingerprint density at radius 1 is 1.42 bits per heavy atom. The Hall–Kier alpha value is -1.55. The molecule has 2 atom stereocenters. The molecular weight excluding hydrogens is 240 g/mol. The lowest BCUT2D eigenvalue weighted by molar-refractivity contribution is -0.127. The van der Waals surface area contributed by atoms with Crippen LogP contribution >= 0.6 is 0 Å². The second-order valence-electron chi connectivity index (χ2n) is 5.22. The average Bonchev–Trinajstić information content (AvgIpc) is 2.57. The van der Waals surface area contributed by atoms with Gasteiger partial charge in [0.05, 0.1) is 0 Å². The highest BCUT2D eigenvalue weighted by atomic mass is 16.5. The molecule has 1 aliphatic rings. The molecule has 1 amide bonds. The van der Waals surface area contributed by atoms with Crippen molar-refractivity contribution < 1.29 is 9.53 Å². The third-order valence-electron chi connectivity index (χ3n) is 3.41. The highest BCUT2D eigenvalue weighted by Gasteiger charge is 2.23. The summed E-state index contributed by atoms with van der Waals surface area (Å²) >= 11 is 0. The zero-order chi connectivity index (χ0) is 13.8. The number of ether oxygens (including phenoxy) is 1. The molecule has 0 saturated carbocycles. The van der Waals surface area contributed by atoms with Crippen molar-refractivity contribution in [1.82, 2.24) is 5.32 Å². The summed E-state index contributed by atoms with van der Waals surface area (Å²) in [7, 11) is 0. The van der Waals surface area contributed by atoms with Gasteiger partial charge >= 0.3 is 0 Å². The number of hydrogen-bond donors (Lipinski definition) is 2. The molecule has 2 rings (SSSR count). The van der Waals surface area contributed by atoms with E-state index in [-0.39, 0.29) is 11.9 Å². The predicted octanol–water partition coefficient (Wildman–Crippen LogP) is 2.06. The quantitative estimate of drug-likeness (QED) is 0.876. The number of benzene rings is 1. The van der Waals surface area contributed by atoms with E-state index in [2.05, 4.69) is 5.32 Å². The maximum absolute atomic E-state index is 11.9. The molecule has 1 saturated heterocycles. The molecule has 1 unspecified atom stereocenters. The highest BCUT2D eigenvalue weighted by Crippen LogP contribution is 2.27. The largest absolute Gasteiger partial charge is 0.480 e. The van der Waals surface area contributed by atoms with E-state index in [1.807, 2.05) is 32.0 Å². The van der Waals surface area contributed by atoms with Crippen molar-refractivity contribution in [3.63, 3.8) is 0 Å². The summed E-state index contributed by atoms with van der Waals surface area (Å²) in [5.74, 6) is 0.705. The van der Waals surface area contributed by atoms with Crippen LogP contribution in [0.5, 0.6) is 5.75 Å². The van der Waals surface area contributed by atoms with Crippen LogP contribution in [0.4, 0.5) is 0 Å². The molecule has 0 aromatic heterocycles. The summed E-state index contributed by atoms with van der Waals surface area (Å²) in [5, 5.41) is 2.88. The topological polar surface area (TPSA) is 64.3 Å². The number of amides is 1. The molecule has 1 fully saturated rings. The van der Waals surface area contributed by atoms with Gasteiger partial charge in [-0.25, -0.2) is 0 Å². The maximum Gasteiger partial charge on any atom is 0.261 e. The monoisotopic (exact) mass is 262 g/mol. The Morgan fingerprint density at radius 2 is 2.21 bits per heavy atom. The first-order valence-electron chi connectivity index (χ1n) is 6.88. The number of rotatable bonds is 3. The Morgan fingerprint density at radius 3 is 2.95 bits per heavy atom. The first-order chi connectivity index (χ1) is 9.08. The van der Waals surface area contributed by atoms with Crippen LogP contribution in [0.2, 0.25) is 0 Å². The van der Waals surface area contributed by atoms with Crippen LogP contribution < -0.4 is 15.8 Å². The third-order valence-corrected chi connectivity index (χ3v) is 3.41.